The molecule has 1 aromatic carbocycles. The first-order valence-electron chi connectivity index (χ1n) is 8.46. The molecule has 3 aromatic heterocycles. The first-order valence-corrected chi connectivity index (χ1v) is 9.34. The molecule has 0 atom stereocenters. The van der Waals surface area contributed by atoms with Crippen molar-refractivity contribution in [1.29, 1.82) is 0 Å². The number of pyridine rings is 2. The number of anilines is 1. The number of nitrogens with zero attached hydrogens (tertiary/aromatic N) is 3. The van der Waals surface area contributed by atoms with Gasteiger partial charge in [0.1, 0.15) is 5.69 Å². The van der Waals surface area contributed by atoms with Crippen LogP contribution in [0.5, 0.6) is 0 Å². The number of rotatable bonds is 4. The van der Waals surface area contributed by atoms with E-state index in [0.29, 0.717) is 5.13 Å². The van der Waals surface area contributed by atoms with Crippen LogP contribution >= 0.6 is 11.3 Å². The van der Waals surface area contributed by atoms with Gasteiger partial charge in [-0.05, 0) is 35.7 Å². The van der Waals surface area contributed by atoms with E-state index in [-0.39, 0.29) is 0 Å². The van der Waals surface area contributed by atoms with Gasteiger partial charge in [0, 0.05) is 28.9 Å². The lowest BCUT2D eigenvalue weighted by Crippen LogP contribution is -1.89. The molecule has 0 radical (unpaired) electrons. The van der Waals surface area contributed by atoms with Gasteiger partial charge in [-0.15, -0.1) is 11.3 Å². The Morgan fingerprint density at radius 2 is 1.65 bits per heavy atom. The maximum atomic E-state index is 5.70. The topological polar surface area (TPSA) is 64.7 Å². The molecular formula is C21H18N4S. The first-order chi connectivity index (χ1) is 12.7. The van der Waals surface area contributed by atoms with Crippen molar-refractivity contribution in [2.45, 2.75) is 13.3 Å². The van der Waals surface area contributed by atoms with E-state index in [9.17, 15) is 0 Å². The minimum absolute atomic E-state index is 0.554. The van der Waals surface area contributed by atoms with Crippen LogP contribution in [0.3, 0.4) is 0 Å². The molecule has 0 unspecified atom stereocenters. The molecule has 0 aliphatic rings. The van der Waals surface area contributed by atoms with E-state index in [2.05, 4.69) is 58.3 Å². The highest BCUT2D eigenvalue weighted by Gasteiger charge is 2.07. The van der Waals surface area contributed by atoms with E-state index >= 15 is 0 Å². The summed E-state index contributed by atoms with van der Waals surface area (Å²) in [6, 6.07) is 16.7. The number of aromatic nitrogens is 3. The number of hydrogen-bond donors (Lipinski definition) is 1. The van der Waals surface area contributed by atoms with Crippen LogP contribution in [0.4, 0.5) is 5.13 Å². The fraction of sp³-hybridized carbons (Fsp3) is 0.0952. The Hall–Kier alpha value is -3.05. The lowest BCUT2D eigenvalue weighted by molar-refractivity contribution is 1.14. The number of aryl methyl sites for hydroxylation is 1. The van der Waals surface area contributed by atoms with E-state index in [4.69, 9.17) is 5.73 Å². The SMILES string of the molecule is CCc1ccc(-c2cc(-c3ccc(-c4csc(N)n4)nc3)ccn2)cc1. The van der Waals surface area contributed by atoms with Gasteiger partial charge in [0.15, 0.2) is 5.13 Å². The van der Waals surface area contributed by atoms with Crippen LogP contribution in [0.2, 0.25) is 0 Å². The van der Waals surface area contributed by atoms with E-state index in [0.717, 1.165) is 40.2 Å². The maximum Gasteiger partial charge on any atom is 0.180 e. The standard InChI is InChI=1S/C21H18N4S/c1-2-14-3-5-15(6-4-14)19-11-16(9-10-23-19)17-7-8-18(24-12-17)20-13-26-21(22)25-20/h3-13H,2H2,1H3,(H2,22,25). The van der Waals surface area contributed by atoms with E-state index in [1.165, 1.54) is 16.9 Å². The quantitative estimate of drug-likeness (QED) is 0.552. The van der Waals surface area contributed by atoms with Crippen LogP contribution < -0.4 is 5.73 Å². The molecule has 2 N–H and O–H groups in total. The van der Waals surface area contributed by atoms with E-state index in [1.54, 1.807) is 0 Å². The normalized spacial score (nSPS) is 10.8. The van der Waals surface area contributed by atoms with Crippen LogP contribution in [-0.2, 0) is 6.42 Å². The summed E-state index contributed by atoms with van der Waals surface area (Å²) in [5.41, 5.74) is 12.9. The zero-order valence-corrected chi connectivity index (χ0v) is 15.2. The summed E-state index contributed by atoms with van der Waals surface area (Å²) in [5.74, 6) is 0. The second-order valence-electron chi connectivity index (χ2n) is 5.98. The van der Waals surface area contributed by atoms with Gasteiger partial charge in [0.2, 0.25) is 0 Å². The monoisotopic (exact) mass is 358 g/mol. The largest absolute Gasteiger partial charge is 0.375 e. The smallest absolute Gasteiger partial charge is 0.180 e. The molecule has 4 nitrogen and oxygen atoms in total. The van der Waals surface area contributed by atoms with Gasteiger partial charge in [0.25, 0.3) is 0 Å². The van der Waals surface area contributed by atoms with Crippen molar-refractivity contribution in [2.75, 3.05) is 5.73 Å². The van der Waals surface area contributed by atoms with Crippen molar-refractivity contribution in [3.8, 4) is 33.8 Å². The molecule has 0 bridgehead atoms. The fourth-order valence-corrected chi connectivity index (χ4v) is 3.36. The molecule has 4 aromatic rings. The van der Waals surface area contributed by atoms with Gasteiger partial charge in [-0.2, -0.15) is 0 Å². The van der Waals surface area contributed by atoms with Crippen molar-refractivity contribution in [1.82, 2.24) is 15.0 Å². The second kappa shape index (κ2) is 7.06. The zero-order chi connectivity index (χ0) is 17.9. The lowest BCUT2D eigenvalue weighted by Gasteiger charge is -2.06. The number of nitrogens with two attached hydrogens (primary N) is 1. The molecule has 0 aliphatic heterocycles. The maximum absolute atomic E-state index is 5.70. The van der Waals surface area contributed by atoms with Gasteiger partial charge in [0.05, 0.1) is 11.4 Å². The summed E-state index contributed by atoms with van der Waals surface area (Å²) in [6.07, 6.45) is 4.74. The molecule has 0 spiro atoms. The Morgan fingerprint density at radius 1 is 0.846 bits per heavy atom. The third kappa shape index (κ3) is 3.34. The Balaban J connectivity index is 1.63. The third-order valence-electron chi connectivity index (χ3n) is 4.30. The molecule has 128 valence electrons. The molecule has 26 heavy (non-hydrogen) atoms. The minimum atomic E-state index is 0.554. The van der Waals surface area contributed by atoms with Crippen molar-refractivity contribution < 1.29 is 0 Å². The Labute approximate surface area is 156 Å². The average Bonchev–Trinajstić information content (AvgIpc) is 3.15. The number of benzene rings is 1. The highest BCUT2D eigenvalue weighted by atomic mass is 32.1. The van der Waals surface area contributed by atoms with Gasteiger partial charge in [-0.1, -0.05) is 37.3 Å². The Bertz CT molecular complexity index is 1020. The molecule has 0 saturated heterocycles. The molecule has 4 rings (SSSR count). The zero-order valence-electron chi connectivity index (χ0n) is 14.4. The van der Waals surface area contributed by atoms with Crippen molar-refractivity contribution >= 4 is 16.5 Å². The predicted octanol–water partition coefficient (Wildman–Crippen LogP) is 5.08. The predicted molar refractivity (Wildman–Crippen MR) is 108 cm³/mol. The second-order valence-corrected chi connectivity index (χ2v) is 6.87. The molecule has 3 heterocycles. The summed E-state index contributed by atoms with van der Waals surface area (Å²) in [7, 11) is 0. The number of hydrogen-bond acceptors (Lipinski definition) is 5. The fourth-order valence-electron chi connectivity index (χ4n) is 2.80. The summed E-state index contributed by atoms with van der Waals surface area (Å²) in [4.78, 5) is 13.3. The van der Waals surface area contributed by atoms with Gasteiger partial charge in [-0.25, -0.2) is 4.98 Å². The summed E-state index contributed by atoms with van der Waals surface area (Å²) < 4.78 is 0. The Morgan fingerprint density at radius 3 is 2.31 bits per heavy atom. The van der Waals surface area contributed by atoms with Gasteiger partial charge < -0.3 is 5.73 Å². The molecule has 0 amide bonds. The van der Waals surface area contributed by atoms with Crippen LogP contribution in [0, 0.1) is 0 Å². The third-order valence-corrected chi connectivity index (χ3v) is 4.97. The molecular weight excluding hydrogens is 340 g/mol. The molecule has 0 saturated carbocycles. The first kappa shape index (κ1) is 16.4. The summed E-state index contributed by atoms with van der Waals surface area (Å²) in [5, 5.41) is 2.47. The van der Waals surface area contributed by atoms with Crippen molar-refractivity contribution in [3.05, 3.63) is 71.9 Å². The van der Waals surface area contributed by atoms with Crippen LogP contribution in [0.1, 0.15) is 12.5 Å². The van der Waals surface area contributed by atoms with Gasteiger partial charge >= 0.3 is 0 Å². The lowest BCUT2D eigenvalue weighted by atomic mass is 10.0. The van der Waals surface area contributed by atoms with Gasteiger partial charge in [-0.3, -0.25) is 9.97 Å². The van der Waals surface area contributed by atoms with Crippen LogP contribution in [0.25, 0.3) is 33.8 Å². The highest BCUT2D eigenvalue weighted by Crippen LogP contribution is 2.27. The highest BCUT2D eigenvalue weighted by molar-refractivity contribution is 7.13. The van der Waals surface area contributed by atoms with Crippen molar-refractivity contribution in [3.63, 3.8) is 0 Å². The van der Waals surface area contributed by atoms with E-state index in [1.807, 2.05) is 29.9 Å². The molecule has 5 heteroatoms. The Kier molecular flexibility index (Phi) is 4.46. The number of thiazole rings is 1. The molecule has 0 aliphatic carbocycles. The number of nitrogen functional groups attached to an aromatic ring is 1. The summed E-state index contributed by atoms with van der Waals surface area (Å²) in [6.45, 7) is 2.16. The van der Waals surface area contributed by atoms with E-state index < -0.39 is 0 Å². The summed E-state index contributed by atoms with van der Waals surface area (Å²) >= 11 is 1.42. The van der Waals surface area contributed by atoms with Crippen molar-refractivity contribution in [2.24, 2.45) is 0 Å². The molecule has 0 fully saturated rings. The minimum Gasteiger partial charge on any atom is -0.375 e. The van der Waals surface area contributed by atoms with Crippen LogP contribution in [-0.4, -0.2) is 15.0 Å². The van der Waals surface area contributed by atoms with Crippen LogP contribution in [0.15, 0.2) is 66.3 Å². The average molecular weight is 358 g/mol.